The molecule has 0 saturated heterocycles. The summed E-state index contributed by atoms with van der Waals surface area (Å²) < 4.78 is 58.5. The fraction of sp³-hybridized carbons (Fsp3) is 0.0909. The molecule has 12 aromatic rings. The van der Waals surface area contributed by atoms with E-state index in [1.54, 1.807) is 0 Å². The van der Waals surface area contributed by atoms with E-state index in [-0.39, 0.29) is 29.0 Å². The average Bonchev–Trinajstić information content (AvgIpc) is 3.87. The van der Waals surface area contributed by atoms with E-state index in [4.69, 9.17) is 13.8 Å². The van der Waals surface area contributed by atoms with Crippen molar-refractivity contribution in [2.75, 3.05) is 0 Å². The van der Waals surface area contributed by atoms with Gasteiger partial charge in [-0.1, -0.05) is 191 Å². The van der Waals surface area contributed by atoms with Crippen LogP contribution in [0.4, 0.5) is 0 Å². The van der Waals surface area contributed by atoms with Crippen LogP contribution in [-0.4, -0.2) is 14.1 Å². The topological polar surface area (TPSA) is 35.9 Å². The summed E-state index contributed by atoms with van der Waals surface area (Å²) in [6.07, 6.45) is 5.69. The first kappa shape index (κ1) is 36.2. The van der Waals surface area contributed by atoms with Crippen molar-refractivity contribution in [3.8, 4) is 39.8 Å². The van der Waals surface area contributed by atoms with Gasteiger partial charge in [0.2, 0.25) is 0 Å². The summed E-state index contributed by atoms with van der Waals surface area (Å²) in [5, 5.41) is 2.22. The van der Waals surface area contributed by atoms with Crippen molar-refractivity contribution in [3.05, 3.63) is 281 Å². The predicted octanol–water partition coefficient (Wildman–Crippen LogP) is 15.1. The van der Waals surface area contributed by atoms with Gasteiger partial charge >= 0.3 is 0 Å². The number of imidazole rings is 1. The molecule has 338 valence electrons. The highest BCUT2D eigenvalue weighted by molar-refractivity contribution is 6.09. The van der Waals surface area contributed by atoms with Crippen LogP contribution in [0.3, 0.4) is 0 Å². The molecular formula is C66H48N4O. The number of pyridine rings is 1. The van der Waals surface area contributed by atoms with Crippen molar-refractivity contribution in [2.45, 2.75) is 37.5 Å². The van der Waals surface area contributed by atoms with Crippen LogP contribution in [-0.2, 0) is 10.8 Å². The largest absolute Gasteiger partial charge is 0.458 e. The minimum Gasteiger partial charge on any atom is -0.458 e. The molecule has 3 aliphatic rings. The average molecular weight is 918 g/mol. The zero-order chi connectivity index (χ0) is 51.8. The second kappa shape index (κ2) is 15.6. The number of hydrogen-bond acceptors (Lipinski definition) is 2. The van der Waals surface area contributed by atoms with Gasteiger partial charge in [0, 0.05) is 29.0 Å². The number of benzene rings is 9. The van der Waals surface area contributed by atoms with Crippen LogP contribution in [0, 0.1) is 6.33 Å². The van der Waals surface area contributed by atoms with Crippen LogP contribution in [0.5, 0.6) is 11.5 Å². The molecule has 3 aliphatic carbocycles. The van der Waals surface area contributed by atoms with Crippen molar-refractivity contribution in [1.29, 1.82) is 0 Å². The maximum atomic E-state index is 9.46. The molecule has 9 aromatic carbocycles. The summed E-state index contributed by atoms with van der Waals surface area (Å²) >= 11 is 0. The minimum absolute atomic E-state index is 0.0170. The van der Waals surface area contributed by atoms with Crippen LogP contribution in [0.15, 0.2) is 231 Å². The maximum absolute atomic E-state index is 9.46. The Balaban J connectivity index is 0.982. The number of aromatic nitrogens is 4. The zero-order valence-electron chi connectivity index (χ0n) is 44.3. The number of ether oxygens (including phenoxy) is 1. The molecule has 0 unspecified atom stereocenters. The normalized spacial score (nSPS) is 16.7. The van der Waals surface area contributed by atoms with Gasteiger partial charge in [-0.15, -0.1) is 0 Å². The SMILES string of the molecule is [2H]c1c([2H])c([2H])c(-c2cccc(C34c5ccccc5C(c5ccccc53)c3ccccc34)c2-[n+]2[c-]n(-c3cccc(Oc4ccc5c6ccccc6n(-c6cc(C(C)(C)C)ccn6)c5c4)c3)c3ccccc32)c([2H])c1[2H]. The Morgan fingerprint density at radius 1 is 0.577 bits per heavy atom. The van der Waals surface area contributed by atoms with Crippen molar-refractivity contribution in [3.63, 3.8) is 0 Å². The Hall–Kier alpha value is -8.80. The van der Waals surface area contributed by atoms with E-state index in [0.29, 0.717) is 22.7 Å². The van der Waals surface area contributed by atoms with E-state index >= 15 is 0 Å². The molecule has 0 saturated carbocycles. The number of fused-ring (bicyclic) bond motifs is 4. The van der Waals surface area contributed by atoms with Crippen molar-refractivity contribution < 1.29 is 16.2 Å². The van der Waals surface area contributed by atoms with Crippen LogP contribution >= 0.6 is 0 Å². The smallest absolute Gasteiger partial charge is 0.269 e. The second-order valence-corrected chi connectivity index (χ2v) is 19.7. The van der Waals surface area contributed by atoms with Crippen LogP contribution in [0.25, 0.3) is 61.2 Å². The van der Waals surface area contributed by atoms with Gasteiger partial charge in [-0.3, -0.25) is 13.7 Å². The summed E-state index contributed by atoms with van der Waals surface area (Å²) in [4.78, 5) is 4.89. The third kappa shape index (κ3) is 6.12. The Bertz CT molecular complexity index is 4270. The van der Waals surface area contributed by atoms with E-state index in [1.165, 1.54) is 22.3 Å². The van der Waals surface area contributed by atoms with Gasteiger partial charge in [-0.2, -0.15) is 0 Å². The van der Waals surface area contributed by atoms with Crippen molar-refractivity contribution in [2.24, 2.45) is 0 Å². The monoisotopic (exact) mass is 917 g/mol. The van der Waals surface area contributed by atoms with Gasteiger partial charge in [-0.05, 0) is 110 Å². The van der Waals surface area contributed by atoms with Gasteiger partial charge in [0.05, 0.1) is 45.7 Å². The van der Waals surface area contributed by atoms with Gasteiger partial charge in [0.15, 0.2) is 0 Å². The van der Waals surface area contributed by atoms with Crippen LogP contribution in [0.2, 0.25) is 0 Å². The molecule has 0 N–H and O–H groups in total. The molecule has 0 aliphatic heterocycles. The molecule has 5 nitrogen and oxygen atoms in total. The molecular weight excluding hydrogens is 865 g/mol. The van der Waals surface area contributed by atoms with Gasteiger partial charge < -0.3 is 4.74 Å². The quantitative estimate of drug-likeness (QED) is 0.118. The van der Waals surface area contributed by atoms with Crippen molar-refractivity contribution in [1.82, 2.24) is 14.1 Å². The lowest BCUT2D eigenvalue weighted by Crippen LogP contribution is -2.46. The number of hydrogen-bond donors (Lipinski definition) is 0. The summed E-state index contributed by atoms with van der Waals surface area (Å²) in [6.45, 7) is 6.64. The lowest BCUT2D eigenvalue weighted by molar-refractivity contribution is -0.572. The number of rotatable bonds is 7. The molecule has 3 heterocycles. The summed E-state index contributed by atoms with van der Waals surface area (Å²) in [6, 6.07) is 65.2. The van der Waals surface area contributed by atoms with E-state index in [9.17, 15) is 2.74 Å². The standard InChI is InChI=1S/C66H48N4O/c1-65(2,3)44-37-38-67-62(39-44)70-58-32-14-10-23-49(58)50-36-35-47(41-61(50)70)71-46-22-17-21-45(40-46)68-42-69(60-34-16-15-33-59(60)68)64-48(43-19-5-4-6-20-43)27-18-31-57(64)66-54-28-11-7-24-51(54)63(52-25-8-12-29-55(52)66)53-26-9-13-30-56(53)66/h4-41,63H,1-3H3/i4D,5D,6D,19D,20D. The molecule has 2 bridgehead atoms. The Labute approximate surface area is 420 Å². The van der Waals surface area contributed by atoms with Gasteiger partial charge in [-0.25, -0.2) is 4.98 Å². The third-order valence-electron chi connectivity index (χ3n) is 14.8. The lowest BCUT2D eigenvalue weighted by atomic mass is 9.50. The van der Waals surface area contributed by atoms with Gasteiger partial charge in [0.25, 0.3) is 6.33 Å². The summed E-state index contributed by atoms with van der Waals surface area (Å²) in [5.74, 6) is 2.14. The Morgan fingerprint density at radius 2 is 1.20 bits per heavy atom. The molecule has 0 amide bonds. The zero-order valence-corrected chi connectivity index (χ0v) is 39.3. The molecule has 0 radical (unpaired) electrons. The highest BCUT2D eigenvalue weighted by Gasteiger charge is 2.53. The van der Waals surface area contributed by atoms with Crippen LogP contribution < -0.4 is 9.30 Å². The molecule has 0 spiro atoms. The first-order valence-electron chi connectivity index (χ1n) is 26.7. The van der Waals surface area contributed by atoms with E-state index in [0.717, 1.165) is 66.6 Å². The van der Waals surface area contributed by atoms with E-state index in [2.05, 4.69) is 171 Å². The predicted molar refractivity (Wildman–Crippen MR) is 286 cm³/mol. The minimum atomic E-state index is -0.896. The highest BCUT2D eigenvalue weighted by atomic mass is 16.5. The number of nitrogens with zero attached hydrogens (tertiary/aromatic N) is 4. The first-order chi connectivity index (χ1) is 36.9. The third-order valence-corrected chi connectivity index (χ3v) is 14.8. The maximum Gasteiger partial charge on any atom is 0.269 e. The lowest BCUT2D eigenvalue weighted by Gasteiger charge is -2.51. The molecule has 0 fully saturated rings. The fourth-order valence-electron chi connectivity index (χ4n) is 11.8. The Kier molecular flexibility index (Phi) is 7.96. The van der Waals surface area contributed by atoms with E-state index in [1.807, 2.05) is 69.9 Å². The summed E-state index contributed by atoms with van der Waals surface area (Å²) in [5.41, 5.74) is 13.9. The molecule has 0 atom stereocenters. The Morgan fingerprint density at radius 3 is 1.93 bits per heavy atom. The first-order valence-corrected chi connectivity index (χ1v) is 24.2. The molecule has 3 aromatic heterocycles. The molecule has 5 heteroatoms. The molecule has 71 heavy (non-hydrogen) atoms. The van der Waals surface area contributed by atoms with Crippen molar-refractivity contribution >= 4 is 32.8 Å². The highest BCUT2D eigenvalue weighted by Crippen LogP contribution is 2.62. The second-order valence-electron chi connectivity index (χ2n) is 19.7. The summed E-state index contributed by atoms with van der Waals surface area (Å²) in [7, 11) is 0. The van der Waals surface area contributed by atoms with Gasteiger partial charge in [0.1, 0.15) is 17.3 Å². The fourth-order valence-corrected chi connectivity index (χ4v) is 11.8. The van der Waals surface area contributed by atoms with Crippen LogP contribution in [0.1, 0.15) is 78.1 Å². The molecule has 15 rings (SSSR count). The van der Waals surface area contributed by atoms with E-state index < -0.39 is 23.5 Å². The number of para-hydroxylation sites is 4.